The number of benzene rings is 2. The number of nitrogens with zero attached hydrogens (tertiary/aromatic N) is 7. The van der Waals surface area contributed by atoms with Gasteiger partial charge in [-0.05, 0) is 57.5 Å². The van der Waals surface area contributed by atoms with Gasteiger partial charge in [-0.3, -0.25) is 20.2 Å². The van der Waals surface area contributed by atoms with Crippen molar-refractivity contribution in [1.82, 2.24) is 4.90 Å². The van der Waals surface area contributed by atoms with Crippen LogP contribution in [0.2, 0.25) is 0 Å². The maximum Gasteiger partial charge on any atom is 0.410 e. The van der Waals surface area contributed by atoms with Gasteiger partial charge in [0, 0.05) is 30.6 Å². The Kier molecular flexibility index (Phi) is 9.27. The van der Waals surface area contributed by atoms with Gasteiger partial charge in [0.05, 0.1) is 9.85 Å². The molecule has 3 rings (SSSR count). The fraction of sp³-hybridized carbons (Fsp3) is 0.409. The number of carbonyl (C=O) groups excluding carboxylic acids is 1. The lowest BCUT2D eigenvalue weighted by Crippen LogP contribution is -2.55. The van der Waals surface area contributed by atoms with Crippen molar-refractivity contribution in [3.05, 3.63) is 78.7 Å². The normalized spacial score (nSPS) is 15.1. The van der Waals surface area contributed by atoms with E-state index in [9.17, 15) is 33.8 Å². The predicted molar refractivity (Wildman–Crippen MR) is 130 cm³/mol. The number of hydrogen-bond acceptors (Lipinski definition) is 8. The number of anilines is 1. The van der Waals surface area contributed by atoms with Crippen LogP contribution in [-0.4, -0.2) is 52.1 Å². The van der Waals surface area contributed by atoms with Crippen LogP contribution in [0, 0.1) is 31.9 Å². The molecule has 1 amide bonds. The number of amides is 1. The van der Waals surface area contributed by atoms with Crippen molar-refractivity contribution >= 4 is 28.8 Å². The highest BCUT2D eigenvalue weighted by molar-refractivity contribution is 5.76. The zero-order chi connectivity index (χ0) is 27.9. The minimum absolute atomic E-state index is 0.0303. The Morgan fingerprint density at radius 3 is 2.11 bits per heavy atom. The lowest BCUT2D eigenvalue weighted by atomic mass is 10.1. The van der Waals surface area contributed by atoms with E-state index in [0.717, 1.165) is 18.2 Å². The van der Waals surface area contributed by atoms with Crippen LogP contribution in [0.25, 0.3) is 10.4 Å². The number of carbonyl (C=O) groups is 1. The Bertz CT molecular complexity index is 1210. The Morgan fingerprint density at radius 2 is 1.65 bits per heavy atom. The molecule has 0 N–H and O–H groups in total. The van der Waals surface area contributed by atoms with Crippen LogP contribution < -0.4 is 4.90 Å². The second kappa shape index (κ2) is 11.9. The SMILES string of the molecule is C[C@H]1CN(c2cccc(N=[N+]=[N-])c2[N+](=O)[O-])CCN1C(=O)OC(C)(C)C.O=[N+]([O-])c1c(F)cccc1F. The largest absolute Gasteiger partial charge is 0.444 e. The van der Waals surface area contributed by atoms with Gasteiger partial charge in [-0.25, -0.2) is 4.79 Å². The molecule has 1 aliphatic rings. The van der Waals surface area contributed by atoms with Gasteiger partial charge in [-0.1, -0.05) is 17.2 Å². The van der Waals surface area contributed by atoms with Crippen LogP contribution in [0.3, 0.4) is 0 Å². The zero-order valence-corrected chi connectivity index (χ0v) is 20.5. The van der Waals surface area contributed by atoms with Crippen LogP contribution in [0.5, 0.6) is 0 Å². The fourth-order valence-electron chi connectivity index (χ4n) is 3.52. The first-order valence-electron chi connectivity index (χ1n) is 10.9. The Morgan fingerprint density at radius 1 is 1.08 bits per heavy atom. The third-order valence-electron chi connectivity index (χ3n) is 5.04. The van der Waals surface area contributed by atoms with Gasteiger partial charge in [0.25, 0.3) is 0 Å². The molecule has 0 bridgehead atoms. The summed E-state index contributed by atoms with van der Waals surface area (Å²) in [7, 11) is 0. The number of nitro groups is 2. The number of rotatable bonds is 4. The highest BCUT2D eigenvalue weighted by atomic mass is 19.1. The molecule has 13 nitrogen and oxygen atoms in total. The van der Waals surface area contributed by atoms with E-state index in [1.807, 2.05) is 11.8 Å². The van der Waals surface area contributed by atoms with Crippen molar-refractivity contribution in [2.24, 2.45) is 5.11 Å². The molecule has 0 spiro atoms. The highest BCUT2D eigenvalue weighted by Crippen LogP contribution is 2.38. The first-order chi connectivity index (χ1) is 17.3. The standard InChI is InChI=1S/C16H22N6O4.C6H3F2NO2/c1-11-10-20(8-9-21(11)15(23)26-16(2,3)4)13-7-5-6-12(18-19-17)14(13)22(24)25;7-4-2-1-3-5(8)6(4)9(10)11/h5-7,11H,8-10H2,1-4H3;1-3H/t11-;/m0./s1. The van der Waals surface area contributed by atoms with E-state index in [4.69, 9.17) is 10.3 Å². The van der Waals surface area contributed by atoms with Crippen molar-refractivity contribution < 1.29 is 28.2 Å². The minimum atomic E-state index is -1.16. The Labute approximate surface area is 210 Å². The van der Waals surface area contributed by atoms with Crippen LogP contribution >= 0.6 is 0 Å². The number of nitro benzene ring substituents is 2. The molecule has 37 heavy (non-hydrogen) atoms. The molecule has 1 fully saturated rings. The molecule has 1 atom stereocenters. The molecule has 1 heterocycles. The molecule has 0 aromatic heterocycles. The number of piperazine rings is 1. The second-order valence-electron chi connectivity index (χ2n) is 8.89. The van der Waals surface area contributed by atoms with Gasteiger partial charge in [0.1, 0.15) is 17.0 Å². The maximum absolute atomic E-state index is 12.4. The van der Waals surface area contributed by atoms with Crippen LogP contribution in [0.4, 0.5) is 36.3 Å². The lowest BCUT2D eigenvalue weighted by Gasteiger charge is -2.41. The third-order valence-corrected chi connectivity index (χ3v) is 5.04. The Balaban J connectivity index is 0.000000364. The highest BCUT2D eigenvalue weighted by Gasteiger charge is 2.33. The van der Waals surface area contributed by atoms with E-state index in [1.165, 1.54) is 6.07 Å². The average molecular weight is 521 g/mol. The molecule has 1 aliphatic heterocycles. The number of para-hydroxylation sites is 2. The van der Waals surface area contributed by atoms with Gasteiger partial charge >= 0.3 is 17.5 Å². The Hall–Kier alpha value is -4.52. The first-order valence-corrected chi connectivity index (χ1v) is 10.9. The maximum atomic E-state index is 12.4. The van der Waals surface area contributed by atoms with Crippen LogP contribution in [0.15, 0.2) is 41.5 Å². The molecular weight excluding hydrogens is 496 g/mol. The van der Waals surface area contributed by atoms with Gasteiger partial charge in [0.2, 0.25) is 11.6 Å². The topological polar surface area (TPSA) is 168 Å². The van der Waals surface area contributed by atoms with Crippen molar-refractivity contribution in [3.8, 4) is 0 Å². The number of halogens is 2. The summed E-state index contributed by atoms with van der Waals surface area (Å²) >= 11 is 0. The third kappa shape index (κ3) is 7.48. The summed E-state index contributed by atoms with van der Waals surface area (Å²) in [6.45, 7) is 8.45. The molecule has 15 heteroatoms. The van der Waals surface area contributed by atoms with Crippen molar-refractivity contribution in [2.75, 3.05) is 24.5 Å². The summed E-state index contributed by atoms with van der Waals surface area (Å²) in [6.07, 6.45) is -0.401. The quantitative estimate of drug-likeness (QED) is 0.160. The summed E-state index contributed by atoms with van der Waals surface area (Å²) in [5, 5.41) is 24.9. The predicted octanol–water partition coefficient (Wildman–Crippen LogP) is 5.86. The smallest absolute Gasteiger partial charge is 0.410 e. The number of azide groups is 1. The van der Waals surface area contributed by atoms with E-state index in [2.05, 4.69) is 10.0 Å². The zero-order valence-electron chi connectivity index (χ0n) is 20.5. The minimum Gasteiger partial charge on any atom is -0.444 e. The number of ether oxygens (including phenoxy) is 1. The molecule has 2 aromatic carbocycles. The summed E-state index contributed by atoms with van der Waals surface area (Å²) in [5.74, 6) is -2.31. The van der Waals surface area contributed by atoms with E-state index in [1.54, 1.807) is 37.8 Å². The monoisotopic (exact) mass is 521 g/mol. The molecule has 2 aromatic rings. The summed E-state index contributed by atoms with van der Waals surface area (Å²) in [4.78, 5) is 38.2. The second-order valence-corrected chi connectivity index (χ2v) is 8.89. The van der Waals surface area contributed by atoms with E-state index >= 15 is 0 Å². The summed E-state index contributed by atoms with van der Waals surface area (Å²) in [5.41, 5.74) is 7.04. The molecule has 0 saturated carbocycles. The van der Waals surface area contributed by atoms with Crippen molar-refractivity contribution in [1.29, 1.82) is 0 Å². The van der Waals surface area contributed by atoms with Gasteiger partial charge in [0.15, 0.2) is 0 Å². The molecule has 198 valence electrons. The van der Waals surface area contributed by atoms with Crippen molar-refractivity contribution in [2.45, 2.75) is 39.3 Å². The van der Waals surface area contributed by atoms with Gasteiger partial charge in [-0.15, -0.1) is 0 Å². The molecule has 0 radical (unpaired) electrons. The molecular formula is C22H25F2N7O6. The van der Waals surface area contributed by atoms with Crippen LogP contribution in [0.1, 0.15) is 27.7 Å². The fourth-order valence-corrected chi connectivity index (χ4v) is 3.52. The van der Waals surface area contributed by atoms with Gasteiger partial charge in [-0.2, -0.15) is 8.78 Å². The van der Waals surface area contributed by atoms with Gasteiger partial charge < -0.3 is 14.5 Å². The lowest BCUT2D eigenvalue weighted by molar-refractivity contribution is -0.390. The van der Waals surface area contributed by atoms with Crippen LogP contribution in [-0.2, 0) is 4.74 Å². The van der Waals surface area contributed by atoms with E-state index < -0.39 is 38.9 Å². The van der Waals surface area contributed by atoms with E-state index in [-0.39, 0.29) is 17.4 Å². The summed E-state index contributed by atoms with van der Waals surface area (Å²) < 4.78 is 30.2. The van der Waals surface area contributed by atoms with E-state index in [0.29, 0.717) is 25.3 Å². The average Bonchev–Trinajstić information content (AvgIpc) is 2.77. The first kappa shape index (κ1) is 28.7. The van der Waals surface area contributed by atoms with Crippen molar-refractivity contribution in [3.63, 3.8) is 0 Å². The molecule has 1 saturated heterocycles. The molecule has 0 unspecified atom stereocenters. The number of hydrogen-bond donors (Lipinski definition) is 0. The summed E-state index contributed by atoms with van der Waals surface area (Å²) in [6, 6.07) is 7.17. The molecule has 0 aliphatic carbocycles.